The molecule has 5 heteroatoms. The van der Waals surface area contributed by atoms with Gasteiger partial charge in [0.2, 0.25) is 5.91 Å². The second-order valence-electron chi connectivity index (χ2n) is 6.88. The Labute approximate surface area is 159 Å². The Morgan fingerprint density at radius 3 is 2.41 bits per heavy atom. The van der Waals surface area contributed by atoms with Crippen LogP contribution >= 0.6 is 0 Å². The third kappa shape index (κ3) is 4.01. The van der Waals surface area contributed by atoms with Crippen molar-refractivity contribution in [1.29, 1.82) is 5.26 Å². The molecule has 1 saturated carbocycles. The molecule has 0 radical (unpaired) electrons. The van der Waals surface area contributed by atoms with Crippen LogP contribution in [0.1, 0.15) is 50.2 Å². The second-order valence-corrected chi connectivity index (χ2v) is 6.88. The first-order valence-electron chi connectivity index (χ1n) is 9.15. The van der Waals surface area contributed by atoms with Crippen LogP contribution in [0.4, 0.5) is 5.69 Å². The smallest absolute Gasteiger partial charge is 0.308 e. The lowest BCUT2D eigenvalue weighted by Crippen LogP contribution is -2.42. The number of carbonyl (C=O) groups is 2. The van der Waals surface area contributed by atoms with Gasteiger partial charge in [0, 0.05) is 13.0 Å². The molecular formula is C22H22N2O3. The van der Waals surface area contributed by atoms with E-state index in [1.165, 1.54) is 13.0 Å². The highest BCUT2D eigenvalue weighted by molar-refractivity contribution is 6.00. The van der Waals surface area contributed by atoms with E-state index in [4.69, 9.17) is 4.74 Å². The predicted octanol–water partition coefficient (Wildman–Crippen LogP) is 4.32. The van der Waals surface area contributed by atoms with Crippen LogP contribution in [0.25, 0.3) is 0 Å². The van der Waals surface area contributed by atoms with Crippen molar-refractivity contribution in [3.63, 3.8) is 0 Å². The Kier molecular flexibility index (Phi) is 5.56. The number of hydrogen-bond donors (Lipinski definition) is 1. The minimum atomic E-state index is -0.583. The summed E-state index contributed by atoms with van der Waals surface area (Å²) in [4.78, 5) is 24.4. The van der Waals surface area contributed by atoms with E-state index in [9.17, 15) is 14.9 Å². The fourth-order valence-corrected chi connectivity index (χ4v) is 3.76. The first kappa shape index (κ1) is 18.7. The van der Waals surface area contributed by atoms with Crippen LogP contribution in [0.15, 0.2) is 48.5 Å². The lowest BCUT2D eigenvalue weighted by Gasteiger charge is -2.36. The molecule has 2 aromatic carbocycles. The molecular weight excluding hydrogens is 340 g/mol. The Hall–Kier alpha value is -3.13. The van der Waals surface area contributed by atoms with E-state index in [0.717, 1.165) is 37.7 Å². The molecule has 5 nitrogen and oxygen atoms in total. The van der Waals surface area contributed by atoms with Gasteiger partial charge in [-0.3, -0.25) is 9.59 Å². The fourth-order valence-electron chi connectivity index (χ4n) is 3.76. The Morgan fingerprint density at radius 1 is 1.07 bits per heavy atom. The molecule has 1 fully saturated rings. The predicted molar refractivity (Wildman–Crippen MR) is 102 cm³/mol. The highest BCUT2D eigenvalue weighted by Gasteiger charge is 2.41. The summed E-state index contributed by atoms with van der Waals surface area (Å²) in [5.74, 6) is -0.265. The molecule has 0 spiro atoms. The summed E-state index contributed by atoms with van der Waals surface area (Å²) in [5.41, 5.74) is 1.12. The molecule has 0 aliphatic heterocycles. The summed E-state index contributed by atoms with van der Waals surface area (Å²) in [7, 11) is 0. The summed E-state index contributed by atoms with van der Waals surface area (Å²) in [5, 5.41) is 12.4. The molecule has 0 aromatic heterocycles. The lowest BCUT2D eigenvalue weighted by atomic mass is 9.68. The number of rotatable bonds is 4. The van der Waals surface area contributed by atoms with Crippen LogP contribution in [-0.2, 0) is 15.0 Å². The van der Waals surface area contributed by atoms with E-state index in [1.54, 1.807) is 12.1 Å². The molecule has 138 valence electrons. The third-order valence-corrected chi connectivity index (χ3v) is 5.09. The summed E-state index contributed by atoms with van der Waals surface area (Å²) >= 11 is 0. The minimum absolute atomic E-state index is 0.0925. The van der Waals surface area contributed by atoms with Crippen molar-refractivity contribution in [2.45, 2.75) is 44.4 Å². The van der Waals surface area contributed by atoms with Crippen molar-refractivity contribution in [1.82, 2.24) is 0 Å². The van der Waals surface area contributed by atoms with Crippen molar-refractivity contribution in [3.8, 4) is 11.8 Å². The zero-order chi connectivity index (χ0) is 19.3. The monoisotopic (exact) mass is 362 g/mol. The van der Waals surface area contributed by atoms with Gasteiger partial charge in [-0.05, 0) is 30.5 Å². The number of nitriles is 1. The molecule has 0 unspecified atom stereocenters. The van der Waals surface area contributed by atoms with Gasteiger partial charge >= 0.3 is 5.97 Å². The average molecular weight is 362 g/mol. The van der Waals surface area contributed by atoms with Crippen molar-refractivity contribution in [2.24, 2.45) is 0 Å². The Balaban J connectivity index is 1.90. The van der Waals surface area contributed by atoms with E-state index >= 15 is 0 Å². The standard InChI is InChI=1S/C22H22N2O3/c1-16(25)27-19-10-11-20(17(14-19)15-23)24-21(26)22(12-6-3-7-13-22)18-8-4-2-5-9-18/h2,4-5,8-11,14H,3,6-7,12-13H2,1H3,(H,24,26). The Morgan fingerprint density at radius 2 is 1.78 bits per heavy atom. The summed E-state index contributed by atoms with van der Waals surface area (Å²) in [6.07, 6.45) is 4.70. The summed E-state index contributed by atoms with van der Waals surface area (Å²) in [6, 6.07) is 16.6. The van der Waals surface area contributed by atoms with Crippen LogP contribution in [-0.4, -0.2) is 11.9 Å². The van der Waals surface area contributed by atoms with E-state index in [1.807, 2.05) is 30.3 Å². The quantitative estimate of drug-likeness (QED) is 0.649. The number of ether oxygens (including phenoxy) is 1. The maximum absolute atomic E-state index is 13.3. The topological polar surface area (TPSA) is 79.2 Å². The number of hydrogen-bond acceptors (Lipinski definition) is 4. The lowest BCUT2D eigenvalue weighted by molar-refractivity contribution is -0.131. The molecule has 27 heavy (non-hydrogen) atoms. The van der Waals surface area contributed by atoms with E-state index in [0.29, 0.717) is 5.69 Å². The third-order valence-electron chi connectivity index (χ3n) is 5.09. The van der Waals surface area contributed by atoms with Crippen molar-refractivity contribution >= 4 is 17.6 Å². The van der Waals surface area contributed by atoms with Gasteiger partial charge in [0.05, 0.1) is 16.7 Å². The van der Waals surface area contributed by atoms with Crippen molar-refractivity contribution in [2.75, 3.05) is 5.32 Å². The molecule has 0 atom stereocenters. The highest BCUT2D eigenvalue weighted by Crippen LogP contribution is 2.40. The molecule has 3 rings (SSSR count). The van der Waals surface area contributed by atoms with Gasteiger partial charge in [-0.2, -0.15) is 5.26 Å². The normalized spacial score (nSPS) is 15.4. The van der Waals surface area contributed by atoms with Crippen LogP contribution in [0.5, 0.6) is 5.75 Å². The number of esters is 1. The van der Waals surface area contributed by atoms with Gasteiger partial charge in [0.15, 0.2) is 0 Å². The van der Waals surface area contributed by atoms with E-state index in [2.05, 4.69) is 11.4 Å². The first-order chi connectivity index (χ1) is 13.0. The van der Waals surface area contributed by atoms with Crippen molar-refractivity contribution in [3.05, 3.63) is 59.7 Å². The fraction of sp³-hybridized carbons (Fsp3) is 0.318. The zero-order valence-corrected chi connectivity index (χ0v) is 15.3. The number of carbonyl (C=O) groups excluding carboxylic acids is 2. The minimum Gasteiger partial charge on any atom is -0.427 e. The molecule has 0 bridgehead atoms. The van der Waals surface area contributed by atoms with Gasteiger partial charge in [-0.1, -0.05) is 49.6 Å². The van der Waals surface area contributed by atoms with E-state index < -0.39 is 11.4 Å². The molecule has 1 aliphatic rings. The van der Waals surface area contributed by atoms with E-state index in [-0.39, 0.29) is 17.2 Å². The molecule has 2 aromatic rings. The van der Waals surface area contributed by atoms with Crippen LogP contribution in [0.3, 0.4) is 0 Å². The summed E-state index contributed by atoms with van der Waals surface area (Å²) < 4.78 is 5.02. The molecule has 1 N–H and O–H groups in total. The maximum atomic E-state index is 13.3. The largest absolute Gasteiger partial charge is 0.427 e. The second kappa shape index (κ2) is 8.05. The first-order valence-corrected chi connectivity index (χ1v) is 9.15. The molecule has 1 aliphatic carbocycles. The van der Waals surface area contributed by atoms with Crippen LogP contribution in [0.2, 0.25) is 0 Å². The highest BCUT2D eigenvalue weighted by atomic mass is 16.5. The molecule has 0 saturated heterocycles. The number of nitrogens with one attached hydrogen (secondary N) is 1. The number of anilines is 1. The van der Waals surface area contributed by atoms with Gasteiger partial charge < -0.3 is 10.1 Å². The number of nitrogens with zero attached hydrogens (tertiary/aromatic N) is 1. The van der Waals surface area contributed by atoms with Crippen LogP contribution < -0.4 is 10.1 Å². The maximum Gasteiger partial charge on any atom is 0.308 e. The van der Waals surface area contributed by atoms with Crippen molar-refractivity contribution < 1.29 is 14.3 Å². The van der Waals surface area contributed by atoms with Gasteiger partial charge in [-0.15, -0.1) is 0 Å². The average Bonchev–Trinajstić information content (AvgIpc) is 2.69. The molecule has 1 amide bonds. The SMILES string of the molecule is CC(=O)Oc1ccc(NC(=O)C2(c3ccccc3)CCCCC2)c(C#N)c1. The van der Waals surface area contributed by atoms with Gasteiger partial charge in [0.1, 0.15) is 11.8 Å². The number of amides is 1. The zero-order valence-electron chi connectivity index (χ0n) is 15.3. The summed E-state index contributed by atoms with van der Waals surface area (Å²) in [6.45, 7) is 1.30. The molecule has 0 heterocycles. The van der Waals surface area contributed by atoms with Gasteiger partial charge in [-0.25, -0.2) is 0 Å². The number of benzene rings is 2. The Bertz CT molecular complexity index is 878. The van der Waals surface area contributed by atoms with Gasteiger partial charge in [0.25, 0.3) is 0 Å². The van der Waals surface area contributed by atoms with Crippen LogP contribution in [0, 0.1) is 11.3 Å².